The van der Waals surface area contributed by atoms with E-state index >= 15 is 0 Å². The first kappa shape index (κ1) is 17.9. The van der Waals surface area contributed by atoms with Crippen molar-refractivity contribution in [3.63, 3.8) is 0 Å². The van der Waals surface area contributed by atoms with Crippen LogP contribution >= 0.6 is 12.2 Å². The third-order valence-electron chi connectivity index (χ3n) is 4.08. The maximum atomic E-state index is 14.3. The fourth-order valence-electron chi connectivity index (χ4n) is 2.81. The van der Waals surface area contributed by atoms with Gasteiger partial charge in [-0.05, 0) is 49.5 Å². The number of hydrogen-bond acceptors (Lipinski definition) is 3. The molecule has 0 bridgehead atoms. The standard InChI is InChI=1S/C19H18FN3O2S/c1-11-16(18(24)22-12-7-9-13(25-2)10-8-12)17(23-19(26)21-11)14-5-3-4-6-15(14)20/h3-10,17H,1-2H3,(H,22,24)(H2,21,23,26)/t17-/m1/s1. The van der Waals surface area contributed by atoms with Crippen LogP contribution in [0.1, 0.15) is 18.5 Å². The van der Waals surface area contributed by atoms with Crippen molar-refractivity contribution in [1.82, 2.24) is 10.6 Å². The minimum Gasteiger partial charge on any atom is -0.497 e. The second kappa shape index (κ2) is 7.53. The van der Waals surface area contributed by atoms with Gasteiger partial charge in [0.1, 0.15) is 11.6 Å². The van der Waals surface area contributed by atoms with Crippen LogP contribution < -0.4 is 20.7 Å². The number of ether oxygens (including phenoxy) is 1. The van der Waals surface area contributed by atoms with Gasteiger partial charge in [0.05, 0.1) is 18.7 Å². The molecule has 0 spiro atoms. The molecule has 5 nitrogen and oxygen atoms in total. The quantitative estimate of drug-likeness (QED) is 0.720. The lowest BCUT2D eigenvalue weighted by atomic mass is 9.94. The summed E-state index contributed by atoms with van der Waals surface area (Å²) in [6, 6.07) is 12.6. The molecule has 3 rings (SSSR count). The highest BCUT2D eigenvalue weighted by molar-refractivity contribution is 7.80. The fraction of sp³-hybridized carbons (Fsp3) is 0.158. The van der Waals surface area contributed by atoms with Crippen molar-refractivity contribution in [2.45, 2.75) is 13.0 Å². The Morgan fingerprint density at radius 1 is 1.19 bits per heavy atom. The Hall–Kier alpha value is -2.93. The highest BCUT2D eigenvalue weighted by Gasteiger charge is 2.31. The van der Waals surface area contributed by atoms with E-state index in [9.17, 15) is 9.18 Å². The maximum absolute atomic E-state index is 14.3. The number of nitrogens with one attached hydrogen (secondary N) is 3. The number of carbonyl (C=O) groups is 1. The predicted octanol–water partition coefficient (Wildman–Crippen LogP) is 3.27. The topological polar surface area (TPSA) is 62.4 Å². The van der Waals surface area contributed by atoms with E-state index in [1.54, 1.807) is 56.5 Å². The van der Waals surface area contributed by atoms with Crippen LogP contribution in [0.15, 0.2) is 59.8 Å². The van der Waals surface area contributed by atoms with Crippen molar-refractivity contribution >= 4 is 28.9 Å². The molecule has 0 aliphatic carbocycles. The van der Waals surface area contributed by atoms with E-state index in [4.69, 9.17) is 17.0 Å². The molecule has 1 aliphatic rings. The van der Waals surface area contributed by atoms with Crippen LogP contribution in [0.5, 0.6) is 5.75 Å². The van der Waals surface area contributed by atoms with Crippen molar-refractivity contribution in [1.29, 1.82) is 0 Å². The number of carbonyl (C=O) groups excluding carboxylic acids is 1. The summed E-state index contributed by atoms with van der Waals surface area (Å²) in [7, 11) is 1.57. The number of amides is 1. The Morgan fingerprint density at radius 2 is 1.88 bits per heavy atom. The second-order valence-corrected chi connectivity index (χ2v) is 6.18. The third-order valence-corrected chi connectivity index (χ3v) is 4.30. The van der Waals surface area contributed by atoms with E-state index in [-0.39, 0.29) is 5.91 Å². The first-order valence-electron chi connectivity index (χ1n) is 7.97. The SMILES string of the molecule is COc1ccc(NC(=O)C2=C(C)NC(=S)N[C@@H]2c2ccccc2F)cc1. The van der Waals surface area contributed by atoms with Crippen molar-refractivity contribution in [3.8, 4) is 5.75 Å². The van der Waals surface area contributed by atoms with Gasteiger partial charge in [-0.2, -0.15) is 0 Å². The van der Waals surface area contributed by atoms with Crippen molar-refractivity contribution in [3.05, 3.63) is 71.2 Å². The summed E-state index contributed by atoms with van der Waals surface area (Å²) in [5, 5.41) is 9.08. The number of thiocarbonyl (C=S) groups is 1. The van der Waals surface area contributed by atoms with Gasteiger partial charge >= 0.3 is 0 Å². The molecule has 0 radical (unpaired) electrons. The average Bonchev–Trinajstić information content (AvgIpc) is 2.62. The molecule has 0 unspecified atom stereocenters. The molecule has 0 saturated heterocycles. The molecule has 1 atom stereocenters. The molecular formula is C19H18FN3O2S. The Labute approximate surface area is 156 Å². The van der Waals surface area contributed by atoms with Gasteiger partial charge in [0.15, 0.2) is 5.11 Å². The Balaban J connectivity index is 1.93. The summed E-state index contributed by atoms with van der Waals surface area (Å²) in [5.74, 6) is -0.0605. The van der Waals surface area contributed by atoms with Gasteiger partial charge in [-0.3, -0.25) is 4.79 Å². The lowest BCUT2D eigenvalue weighted by Gasteiger charge is -2.30. The number of benzene rings is 2. The lowest BCUT2D eigenvalue weighted by Crippen LogP contribution is -2.46. The number of halogens is 1. The number of rotatable bonds is 4. The van der Waals surface area contributed by atoms with Crippen molar-refractivity contribution in [2.24, 2.45) is 0 Å². The summed E-state index contributed by atoms with van der Waals surface area (Å²) < 4.78 is 19.4. The van der Waals surface area contributed by atoms with E-state index in [1.165, 1.54) is 6.07 Å². The van der Waals surface area contributed by atoms with E-state index < -0.39 is 11.9 Å². The van der Waals surface area contributed by atoms with E-state index in [1.807, 2.05) is 0 Å². The Kier molecular flexibility index (Phi) is 5.18. The summed E-state index contributed by atoms with van der Waals surface area (Å²) in [6.45, 7) is 1.74. The van der Waals surface area contributed by atoms with E-state index in [2.05, 4.69) is 16.0 Å². The molecule has 2 aromatic carbocycles. The molecule has 2 aromatic rings. The van der Waals surface area contributed by atoms with E-state index in [0.29, 0.717) is 33.4 Å². The number of allylic oxidation sites excluding steroid dienone is 1. The summed E-state index contributed by atoms with van der Waals surface area (Å²) in [5.41, 5.74) is 1.92. The van der Waals surface area contributed by atoms with Gasteiger partial charge in [-0.25, -0.2) is 4.39 Å². The summed E-state index contributed by atoms with van der Waals surface area (Å²) >= 11 is 5.18. The Morgan fingerprint density at radius 3 is 2.54 bits per heavy atom. The molecule has 0 aromatic heterocycles. The van der Waals surface area contributed by atoms with Crippen LogP contribution in [-0.4, -0.2) is 18.1 Å². The predicted molar refractivity (Wildman–Crippen MR) is 102 cm³/mol. The van der Waals surface area contributed by atoms with Crippen molar-refractivity contribution < 1.29 is 13.9 Å². The van der Waals surface area contributed by atoms with Crippen LogP contribution in [-0.2, 0) is 4.79 Å². The molecule has 7 heteroatoms. The van der Waals surface area contributed by atoms with Gasteiger partial charge in [0.2, 0.25) is 0 Å². The minimum absolute atomic E-state index is 0.344. The summed E-state index contributed by atoms with van der Waals surface area (Å²) in [4.78, 5) is 12.9. The van der Waals surface area contributed by atoms with Gasteiger partial charge in [-0.15, -0.1) is 0 Å². The largest absolute Gasteiger partial charge is 0.497 e. The van der Waals surface area contributed by atoms with Crippen molar-refractivity contribution in [2.75, 3.05) is 12.4 Å². The smallest absolute Gasteiger partial charge is 0.255 e. The molecular weight excluding hydrogens is 353 g/mol. The normalized spacial score (nSPS) is 16.6. The van der Waals surface area contributed by atoms with Crippen LogP contribution in [0.4, 0.5) is 10.1 Å². The first-order chi connectivity index (χ1) is 12.5. The zero-order valence-electron chi connectivity index (χ0n) is 14.3. The second-order valence-electron chi connectivity index (χ2n) is 5.77. The van der Waals surface area contributed by atoms with Gasteiger partial charge in [0.25, 0.3) is 5.91 Å². The third kappa shape index (κ3) is 3.67. The molecule has 1 amide bonds. The van der Waals surface area contributed by atoms with Gasteiger partial charge < -0.3 is 20.7 Å². The monoisotopic (exact) mass is 371 g/mol. The molecule has 26 heavy (non-hydrogen) atoms. The summed E-state index contributed by atoms with van der Waals surface area (Å²) in [6.07, 6.45) is 0. The van der Waals surface area contributed by atoms with E-state index in [0.717, 1.165) is 0 Å². The number of methoxy groups -OCH3 is 1. The highest BCUT2D eigenvalue weighted by atomic mass is 32.1. The highest BCUT2D eigenvalue weighted by Crippen LogP contribution is 2.29. The molecule has 0 saturated carbocycles. The molecule has 0 fully saturated rings. The van der Waals surface area contributed by atoms with Gasteiger partial charge in [-0.1, -0.05) is 18.2 Å². The first-order valence-corrected chi connectivity index (χ1v) is 8.38. The zero-order valence-corrected chi connectivity index (χ0v) is 15.1. The molecule has 1 heterocycles. The average molecular weight is 371 g/mol. The molecule has 134 valence electrons. The molecule has 3 N–H and O–H groups in total. The maximum Gasteiger partial charge on any atom is 0.255 e. The number of anilines is 1. The fourth-order valence-corrected chi connectivity index (χ4v) is 3.08. The van der Waals surface area contributed by atoms with Crippen LogP contribution in [0, 0.1) is 5.82 Å². The minimum atomic E-state index is -0.678. The Bertz CT molecular complexity index is 881. The lowest BCUT2D eigenvalue weighted by molar-refractivity contribution is -0.113. The zero-order chi connectivity index (χ0) is 18.7. The van der Waals surface area contributed by atoms with Gasteiger partial charge in [0, 0.05) is 16.9 Å². The number of hydrogen-bond donors (Lipinski definition) is 3. The van der Waals surface area contributed by atoms with Crippen LogP contribution in [0.25, 0.3) is 0 Å². The van der Waals surface area contributed by atoms with Crippen LogP contribution in [0.2, 0.25) is 0 Å². The molecule has 1 aliphatic heterocycles. The van der Waals surface area contributed by atoms with Crippen LogP contribution in [0.3, 0.4) is 0 Å².